The van der Waals surface area contributed by atoms with Gasteiger partial charge < -0.3 is 5.11 Å². The van der Waals surface area contributed by atoms with Crippen LogP contribution in [-0.2, 0) is 9.59 Å². The lowest BCUT2D eigenvalue weighted by Gasteiger charge is -2.01. The van der Waals surface area contributed by atoms with Gasteiger partial charge in [0.1, 0.15) is 12.8 Å². The minimum Gasteiger partial charge on any atom is -0.477 e. The summed E-state index contributed by atoms with van der Waals surface area (Å²) in [5, 5.41) is 14.0. The molecule has 7 heteroatoms. The molecule has 3 amide bonds. The first-order valence-electron chi connectivity index (χ1n) is 2.98. The molecular weight excluding hydrogens is 166 g/mol. The number of carbonyl (C=O) groups is 3. The highest BCUT2D eigenvalue weighted by Gasteiger charge is 2.25. The van der Waals surface area contributed by atoms with Gasteiger partial charge in [-0.25, -0.2) is 14.6 Å². The van der Waals surface area contributed by atoms with Crippen LogP contribution in [0.2, 0.25) is 0 Å². The van der Waals surface area contributed by atoms with Gasteiger partial charge >= 0.3 is 12.0 Å². The molecule has 1 aliphatic heterocycles. The summed E-state index contributed by atoms with van der Waals surface area (Å²) in [5.41, 5.74) is 0. The van der Waals surface area contributed by atoms with Crippen LogP contribution in [0.5, 0.6) is 0 Å². The molecule has 12 heavy (non-hydrogen) atoms. The lowest BCUT2D eigenvalue weighted by molar-refractivity contribution is -0.129. The number of amides is 3. The Morgan fingerprint density at radius 1 is 1.67 bits per heavy atom. The first kappa shape index (κ1) is 8.18. The second-order valence-electron chi connectivity index (χ2n) is 1.99. The number of hydrogen-bond acceptors (Lipinski definition) is 4. The molecule has 7 nitrogen and oxygen atoms in total. The molecule has 1 heterocycles. The Bertz CT molecular complexity index is 272. The molecule has 0 aromatic heterocycles. The fraction of sp³-hybridized carbons (Fsp3) is 0.200. The van der Waals surface area contributed by atoms with E-state index >= 15 is 0 Å². The molecule has 0 spiro atoms. The van der Waals surface area contributed by atoms with Gasteiger partial charge in [0, 0.05) is 0 Å². The van der Waals surface area contributed by atoms with E-state index in [0.717, 1.165) is 5.01 Å². The number of urea groups is 1. The van der Waals surface area contributed by atoms with Crippen molar-refractivity contribution in [3.8, 4) is 0 Å². The van der Waals surface area contributed by atoms with Crippen LogP contribution in [0.3, 0.4) is 0 Å². The summed E-state index contributed by atoms with van der Waals surface area (Å²) in [4.78, 5) is 31.1. The monoisotopic (exact) mass is 171 g/mol. The van der Waals surface area contributed by atoms with E-state index in [1.807, 2.05) is 5.32 Å². The van der Waals surface area contributed by atoms with Gasteiger partial charge in [-0.1, -0.05) is 0 Å². The molecule has 0 bridgehead atoms. The van der Waals surface area contributed by atoms with Gasteiger partial charge in [0.2, 0.25) is 5.91 Å². The van der Waals surface area contributed by atoms with Crippen molar-refractivity contribution in [2.45, 2.75) is 0 Å². The zero-order valence-electron chi connectivity index (χ0n) is 5.85. The van der Waals surface area contributed by atoms with E-state index in [1.54, 1.807) is 0 Å². The lowest BCUT2D eigenvalue weighted by Crippen LogP contribution is -2.24. The Morgan fingerprint density at radius 3 is 2.75 bits per heavy atom. The summed E-state index contributed by atoms with van der Waals surface area (Å²) >= 11 is 0. The summed E-state index contributed by atoms with van der Waals surface area (Å²) in [6, 6.07) is -0.711. The van der Waals surface area contributed by atoms with Crippen LogP contribution in [0.15, 0.2) is 5.10 Å². The van der Waals surface area contributed by atoms with Gasteiger partial charge in [0.05, 0.1) is 0 Å². The molecule has 0 radical (unpaired) electrons. The Labute approximate surface area is 66.6 Å². The highest BCUT2D eigenvalue weighted by molar-refractivity contribution is 6.22. The zero-order chi connectivity index (χ0) is 9.14. The van der Waals surface area contributed by atoms with Crippen molar-refractivity contribution in [1.29, 1.82) is 0 Å². The van der Waals surface area contributed by atoms with E-state index in [1.165, 1.54) is 0 Å². The standard InChI is InChI=1S/C5H5N3O4/c9-3-2-8(5(12)7-3)6-1-4(10)11/h1H,2H2,(H,10,11)(H,7,9,12)/b6-1+. The van der Waals surface area contributed by atoms with Crippen molar-refractivity contribution in [2.24, 2.45) is 5.10 Å². The third-order valence-electron chi connectivity index (χ3n) is 1.08. The van der Waals surface area contributed by atoms with Crippen molar-refractivity contribution >= 4 is 24.1 Å². The lowest BCUT2D eigenvalue weighted by atomic mass is 10.6. The van der Waals surface area contributed by atoms with Gasteiger partial charge in [-0.2, -0.15) is 5.10 Å². The molecule has 2 N–H and O–H groups in total. The quantitative estimate of drug-likeness (QED) is 0.394. The molecule has 0 aliphatic carbocycles. The van der Waals surface area contributed by atoms with Crippen LogP contribution < -0.4 is 5.32 Å². The van der Waals surface area contributed by atoms with Gasteiger partial charge in [-0.05, 0) is 0 Å². The van der Waals surface area contributed by atoms with Gasteiger partial charge in [0.15, 0.2) is 0 Å². The fourth-order valence-electron chi connectivity index (χ4n) is 0.643. The fourth-order valence-corrected chi connectivity index (χ4v) is 0.643. The van der Waals surface area contributed by atoms with Crippen LogP contribution in [0.4, 0.5) is 4.79 Å². The van der Waals surface area contributed by atoms with Crippen molar-refractivity contribution < 1.29 is 19.5 Å². The van der Waals surface area contributed by atoms with Crippen LogP contribution in [0.25, 0.3) is 0 Å². The molecule has 1 rings (SSSR count). The third kappa shape index (κ3) is 1.78. The average Bonchev–Trinajstić information content (AvgIpc) is 2.26. The maximum absolute atomic E-state index is 10.7. The molecule has 0 saturated carbocycles. The van der Waals surface area contributed by atoms with Gasteiger partial charge in [-0.15, -0.1) is 0 Å². The Morgan fingerprint density at radius 2 is 2.33 bits per heavy atom. The van der Waals surface area contributed by atoms with E-state index in [9.17, 15) is 14.4 Å². The van der Waals surface area contributed by atoms with E-state index in [2.05, 4.69) is 5.10 Å². The van der Waals surface area contributed by atoms with Crippen LogP contribution in [0.1, 0.15) is 0 Å². The molecule has 0 unspecified atom stereocenters. The molecule has 0 atom stereocenters. The summed E-state index contributed by atoms with van der Waals surface area (Å²) in [5.74, 6) is -1.77. The molecule has 1 aliphatic rings. The molecule has 1 fully saturated rings. The predicted octanol–water partition coefficient (Wildman–Crippen LogP) is -1.39. The summed E-state index contributed by atoms with van der Waals surface area (Å²) in [6.45, 7) is -0.234. The maximum Gasteiger partial charge on any atom is 0.348 e. The van der Waals surface area contributed by atoms with Crippen LogP contribution >= 0.6 is 0 Å². The number of rotatable bonds is 2. The molecule has 0 aromatic carbocycles. The highest BCUT2D eigenvalue weighted by Crippen LogP contribution is 1.96. The van der Waals surface area contributed by atoms with Gasteiger partial charge in [0.25, 0.3) is 0 Å². The van der Waals surface area contributed by atoms with Crippen molar-refractivity contribution in [1.82, 2.24) is 10.3 Å². The first-order chi connectivity index (χ1) is 5.59. The normalized spacial score (nSPS) is 17.2. The van der Waals surface area contributed by atoms with Crippen molar-refractivity contribution in [3.63, 3.8) is 0 Å². The summed E-state index contributed by atoms with van der Waals surface area (Å²) < 4.78 is 0. The minimum absolute atomic E-state index is 0.234. The maximum atomic E-state index is 10.7. The number of nitrogens with one attached hydrogen (secondary N) is 1. The third-order valence-corrected chi connectivity index (χ3v) is 1.08. The Kier molecular flexibility index (Phi) is 2.04. The van der Waals surface area contributed by atoms with Crippen LogP contribution in [-0.4, -0.2) is 40.8 Å². The van der Waals surface area contributed by atoms with E-state index in [-0.39, 0.29) is 6.54 Å². The smallest absolute Gasteiger partial charge is 0.348 e. The minimum atomic E-state index is -1.28. The SMILES string of the molecule is O=C(O)/C=N/N1CC(=O)NC1=O. The van der Waals surface area contributed by atoms with E-state index in [0.29, 0.717) is 6.21 Å². The second-order valence-corrected chi connectivity index (χ2v) is 1.99. The highest BCUT2D eigenvalue weighted by atomic mass is 16.4. The van der Waals surface area contributed by atoms with Crippen molar-refractivity contribution in [2.75, 3.05) is 6.54 Å². The molecule has 0 aromatic rings. The largest absolute Gasteiger partial charge is 0.477 e. The number of aliphatic carboxylic acids is 1. The van der Waals surface area contributed by atoms with Crippen LogP contribution in [0, 0.1) is 0 Å². The average molecular weight is 171 g/mol. The number of hydrogen-bond donors (Lipinski definition) is 2. The number of hydrazone groups is 1. The number of carboxylic acids is 1. The first-order valence-corrected chi connectivity index (χ1v) is 2.98. The summed E-state index contributed by atoms with van der Waals surface area (Å²) in [6.07, 6.45) is 0.540. The molecule has 64 valence electrons. The Hall–Kier alpha value is -1.92. The number of nitrogens with zero attached hydrogens (tertiary/aromatic N) is 2. The Balaban J connectivity index is 2.59. The number of carboxylic acid groups (broad SMARTS) is 1. The second kappa shape index (κ2) is 2.99. The van der Waals surface area contributed by atoms with E-state index < -0.39 is 17.9 Å². The van der Waals surface area contributed by atoms with E-state index in [4.69, 9.17) is 5.11 Å². The number of carbonyl (C=O) groups excluding carboxylic acids is 2. The zero-order valence-corrected chi connectivity index (χ0v) is 5.85. The molecule has 1 saturated heterocycles. The van der Waals surface area contributed by atoms with Crippen molar-refractivity contribution in [3.05, 3.63) is 0 Å². The number of imide groups is 1. The molecular formula is C5H5N3O4. The summed E-state index contributed by atoms with van der Waals surface area (Å²) in [7, 11) is 0. The topological polar surface area (TPSA) is 99.1 Å². The van der Waals surface area contributed by atoms with Gasteiger partial charge in [-0.3, -0.25) is 10.1 Å². The predicted molar refractivity (Wildman–Crippen MR) is 36.4 cm³/mol.